The molecule has 0 fully saturated rings. The Morgan fingerprint density at radius 1 is 0.880 bits per heavy atom. The van der Waals surface area contributed by atoms with Gasteiger partial charge in [-0.1, -0.05) is 6.07 Å². The third-order valence-electron chi connectivity index (χ3n) is 4.17. The van der Waals surface area contributed by atoms with E-state index in [1.807, 2.05) is 42.9 Å². The first-order valence-electron chi connectivity index (χ1n) is 8.01. The quantitative estimate of drug-likeness (QED) is 0.450. The van der Waals surface area contributed by atoms with Crippen LogP contribution in [0.3, 0.4) is 0 Å². The number of aromatic amines is 1. The Hall–Kier alpha value is -3.18. The molecule has 4 nitrogen and oxygen atoms in total. The van der Waals surface area contributed by atoms with E-state index in [4.69, 9.17) is 0 Å². The number of anilines is 2. The van der Waals surface area contributed by atoms with Crippen molar-refractivity contribution in [3.63, 3.8) is 0 Å². The van der Waals surface area contributed by atoms with Crippen LogP contribution >= 0.6 is 11.3 Å². The van der Waals surface area contributed by atoms with Crippen LogP contribution in [0, 0.1) is 0 Å². The lowest BCUT2D eigenvalue weighted by molar-refractivity contribution is 1.34. The van der Waals surface area contributed by atoms with Gasteiger partial charge < -0.3 is 10.3 Å². The van der Waals surface area contributed by atoms with E-state index < -0.39 is 0 Å². The summed E-state index contributed by atoms with van der Waals surface area (Å²) in [6.45, 7) is 0. The molecule has 5 heteroatoms. The average Bonchev–Trinajstić information content (AvgIpc) is 3.29. The highest BCUT2D eigenvalue weighted by Gasteiger charge is 2.10. The molecule has 120 valence electrons. The zero-order chi connectivity index (χ0) is 16.6. The molecule has 0 bridgehead atoms. The Morgan fingerprint density at radius 3 is 2.80 bits per heavy atom. The minimum Gasteiger partial charge on any atom is -0.361 e. The van der Waals surface area contributed by atoms with Crippen molar-refractivity contribution in [2.75, 3.05) is 5.32 Å². The van der Waals surface area contributed by atoms with E-state index >= 15 is 0 Å². The van der Waals surface area contributed by atoms with Crippen molar-refractivity contribution in [1.29, 1.82) is 0 Å². The minimum atomic E-state index is 0.875. The van der Waals surface area contributed by atoms with Crippen LogP contribution in [0.4, 0.5) is 11.5 Å². The molecule has 0 aliphatic carbocycles. The number of nitrogens with zero attached hydrogens (tertiary/aromatic N) is 2. The molecule has 0 aliphatic rings. The van der Waals surface area contributed by atoms with E-state index in [0.717, 1.165) is 32.3 Å². The van der Waals surface area contributed by atoms with Gasteiger partial charge in [0.25, 0.3) is 0 Å². The van der Waals surface area contributed by atoms with Crippen molar-refractivity contribution in [3.8, 4) is 10.6 Å². The fraction of sp³-hybridized carbons (Fsp3) is 0. The second kappa shape index (κ2) is 5.72. The van der Waals surface area contributed by atoms with Crippen LogP contribution in [-0.2, 0) is 0 Å². The predicted octanol–water partition coefficient (Wildman–Crippen LogP) is 5.58. The van der Waals surface area contributed by atoms with E-state index in [0.29, 0.717) is 0 Å². The molecule has 0 amide bonds. The van der Waals surface area contributed by atoms with Gasteiger partial charge in [0.05, 0.1) is 15.3 Å². The summed E-state index contributed by atoms with van der Waals surface area (Å²) in [5.74, 6) is 0.875. The van der Waals surface area contributed by atoms with Crippen LogP contribution < -0.4 is 5.32 Å². The lowest BCUT2D eigenvalue weighted by atomic mass is 10.2. The van der Waals surface area contributed by atoms with Gasteiger partial charge in [-0.05, 0) is 53.9 Å². The molecule has 0 saturated heterocycles. The van der Waals surface area contributed by atoms with Crippen molar-refractivity contribution >= 4 is 43.8 Å². The fourth-order valence-corrected chi connectivity index (χ4v) is 4.03. The SMILES string of the molecule is c1ccc(-c2cc3ccnc(Nc4ccc5[nH]ccc5c4)c3s2)nc1. The van der Waals surface area contributed by atoms with Crippen LogP contribution in [0.25, 0.3) is 31.6 Å². The van der Waals surface area contributed by atoms with E-state index in [9.17, 15) is 0 Å². The summed E-state index contributed by atoms with van der Waals surface area (Å²) in [5, 5.41) is 5.81. The van der Waals surface area contributed by atoms with Gasteiger partial charge in [-0.2, -0.15) is 0 Å². The number of benzene rings is 1. The van der Waals surface area contributed by atoms with Gasteiger partial charge in [0, 0.05) is 35.2 Å². The van der Waals surface area contributed by atoms with Crippen LogP contribution in [0.15, 0.2) is 73.2 Å². The average molecular weight is 342 g/mol. The molecule has 1 aromatic carbocycles. The summed E-state index contributed by atoms with van der Waals surface area (Å²) in [6.07, 6.45) is 5.61. The van der Waals surface area contributed by atoms with Crippen molar-refractivity contribution in [2.24, 2.45) is 0 Å². The first-order valence-corrected chi connectivity index (χ1v) is 8.83. The molecule has 0 atom stereocenters. The maximum atomic E-state index is 4.55. The molecule has 0 saturated carbocycles. The molecule has 0 spiro atoms. The van der Waals surface area contributed by atoms with Gasteiger partial charge in [-0.3, -0.25) is 4.98 Å². The molecular formula is C20H14N4S. The smallest absolute Gasteiger partial charge is 0.148 e. The van der Waals surface area contributed by atoms with E-state index in [1.54, 1.807) is 11.3 Å². The molecule has 4 heterocycles. The van der Waals surface area contributed by atoms with Crippen LogP contribution in [0.5, 0.6) is 0 Å². The molecular weight excluding hydrogens is 328 g/mol. The van der Waals surface area contributed by atoms with Crippen molar-refractivity contribution in [1.82, 2.24) is 15.0 Å². The standard InChI is InChI=1S/C20H14N4S/c1-2-8-21-17(3-1)18-12-14-7-10-23-20(19(14)25-18)24-15-4-5-16-13(11-15)6-9-22-16/h1-12,22H,(H,23,24). The summed E-state index contributed by atoms with van der Waals surface area (Å²) in [4.78, 5) is 13.4. The summed E-state index contributed by atoms with van der Waals surface area (Å²) in [7, 11) is 0. The minimum absolute atomic E-state index is 0.875. The monoisotopic (exact) mass is 342 g/mol. The molecule has 0 radical (unpaired) electrons. The van der Waals surface area contributed by atoms with E-state index in [-0.39, 0.29) is 0 Å². The largest absolute Gasteiger partial charge is 0.361 e. The number of hydrogen-bond donors (Lipinski definition) is 2. The number of pyridine rings is 2. The van der Waals surface area contributed by atoms with Gasteiger partial charge in [-0.25, -0.2) is 4.98 Å². The summed E-state index contributed by atoms with van der Waals surface area (Å²) in [5.41, 5.74) is 3.15. The normalized spacial score (nSPS) is 11.2. The number of H-pyrrole nitrogens is 1. The van der Waals surface area contributed by atoms with Gasteiger partial charge in [0.1, 0.15) is 5.82 Å². The molecule has 2 N–H and O–H groups in total. The Bertz CT molecular complexity index is 1170. The summed E-state index contributed by atoms with van der Waals surface area (Å²) >= 11 is 1.71. The number of nitrogens with one attached hydrogen (secondary N) is 2. The van der Waals surface area contributed by atoms with Crippen molar-refractivity contribution in [2.45, 2.75) is 0 Å². The van der Waals surface area contributed by atoms with Crippen LogP contribution in [0.2, 0.25) is 0 Å². The fourth-order valence-electron chi connectivity index (χ4n) is 2.96. The Balaban J connectivity index is 1.57. The molecule has 0 unspecified atom stereocenters. The Kier molecular flexibility index (Phi) is 3.24. The predicted molar refractivity (Wildman–Crippen MR) is 104 cm³/mol. The number of rotatable bonds is 3. The van der Waals surface area contributed by atoms with E-state index in [1.165, 1.54) is 10.8 Å². The number of fused-ring (bicyclic) bond motifs is 2. The molecule has 5 rings (SSSR count). The summed E-state index contributed by atoms with van der Waals surface area (Å²) < 4.78 is 1.14. The highest BCUT2D eigenvalue weighted by molar-refractivity contribution is 7.22. The molecule has 5 aromatic rings. The molecule has 4 aromatic heterocycles. The third kappa shape index (κ3) is 2.55. The lowest BCUT2D eigenvalue weighted by Crippen LogP contribution is -1.92. The second-order valence-electron chi connectivity index (χ2n) is 5.81. The Labute approximate surface area is 148 Å². The van der Waals surface area contributed by atoms with Crippen molar-refractivity contribution < 1.29 is 0 Å². The zero-order valence-corrected chi connectivity index (χ0v) is 14.0. The van der Waals surface area contributed by atoms with E-state index in [2.05, 4.69) is 50.6 Å². The number of hydrogen-bond acceptors (Lipinski definition) is 4. The number of thiophene rings is 1. The second-order valence-corrected chi connectivity index (χ2v) is 6.86. The molecule has 25 heavy (non-hydrogen) atoms. The van der Waals surface area contributed by atoms with Crippen LogP contribution in [0.1, 0.15) is 0 Å². The lowest BCUT2D eigenvalue weighted by Gasteiger charge is -2.06. The topological polar surface area (TPSA) is 53.6 Å². The maximum Gasteiger partial charge on any atom is 0.148 e. The first kappa shape index (κ1) is 14.2. The number of aromatic nitrogens is 3. The van der Waals surface area contributed by atoms with Crippen LogP contribution in [-0.4, -0.2) is 15.0 Å². The highest BCUT2D eigenvalue weighted by Crippen LogP contribution is 2.36. The molecule has 0 aliphatic heterocycles. The van der Waals surface area contributed by atoms with Gasteiger partial charge in [-0.15, -0.1) is 11.3 Å². The van der Waals surface area contributed by atoms with Crippen molar-refractivity contribution in [3.05, 3.63) is 73.2 Å². The van der Waals surface area contributed by atoms with Gasteiger partial charge >= 0.3 is 0 Å². The van der Waals surface area contributed by atoms with Gasteiger partial charge in [0.15, 0.2) is 0 Å². The summed E-state index contributed by atoms with van der Waals surface area (Å²) in [6, 6.07) is 18.5. The third-order valence-corrected chi connectivity index (χ3v) is 5.35. The maximum absolute atomic E-state index is 4.55. The zero-order valence-electron chi connectivity index (χ0n) is 13.2. The Morgan fingerprint density at radius 2 is 1.88 bits per heavy atom. The highest BCUT2D eigenvalue weighted by atomic mass is 32.1. The first-order chi connectivity index (χ1) is 12.4. The van der Waals surface area contributed by atoms with Gasteiger partial charge in [0.2, 0.25) is 0 Å².